The fourth-order valence-electron chi connectivity index (χ4n) is 3.02. The van der Waals surface area contributed by atoms with E-state index in [1.165, 1.54) is 5.56 Å². The molecule has 0 unspecified atom stereocenters. The van der Waals surface area contributed by atoms with E-state index in [0.717, 1.165) is 44.4 Å². The predicted molar refractivity (Wildman–Crippen MR) is 92.2 cm³/mol. The van der Waals surface area contributed by atoms with Crippen LogP contribution < -0.4 is 10.6 Å². The Morgan fingerprint density at radius 3 is 2.60 bits per heavy atom. The van der Waals surface area contributed by atoms with Crippen molar-refractivity contribution in [1.82, 2.24) is 15.5 Å². The molecule has 1 heterocycles. The van der Waals surface area contributed by atoms with Crippen molar-refractivity contribution < 1.29 is 13.6 Å². The summed E-state index contributed by atoms with van der Waals surface area (Å²) < 4.78 is 26.4. The summed E-state index contributed by atoms with van der Waals surface area (Å²) >= 11 is 0. The van der Waals surface area contributed by atoms with Gasteiger partial charge >= 0.3 is 0 Å². The Labute approximate surface area is 145 Å². The van der Waals surface area contributed by atoms with Crippen LogP contribution in [-0.4, -0.2) is 43.0 Å². The molecule has 1 aliphatic rings. The van der Waals surface area contributed by atoms with Gasteiger partial charge in [0.2, 0.25) is 0 Å². The van der Waals surface area contributed by atoms with Crippen molar-refractivity contribution in [3.05, 3.63) is 71.3 Å². The van der Waals surface area contributed by atoms with Gasteiger partial charge in [0.1, 0.15) is 11.6 Å². The van der Waals surface area contributed by atoms with Gasteiger partial charge in [-0.3, -0.25) is 9.69 Å². The van der Waals surface area contributed by atoms with Crippen LogP contribution in [0.5, 0.6) is 0 Å². The molecule has 0 saturated carbocycles. The van der Waals surface area contributed by atoms with Crippen molar-refractivity contribution in [1.29, 1.82) is 0 Å². The van der Waals surface area contributed by atoms with E-state index in [1.807, 2.05) is 18.2 Å². The highest BCUT2D eigenvalue weighted by atomic mass is 19.1. The molecule has 0 bridgehead atoms. The van der Waals surface area contributed by atoms with Crippen molar-refractivity contribution in [3.8, 4) is 0 Å². The first-order chi connectivity index (χ1) is 12.1. The normalized spacial score (nSPS) is 18.1. The van der Waals surface area contributed by atoms with Crippen LogP contribution in [0.25, 0.3) is 0 Å². The largest absolute Gasteiger partial charge is 0.350 e. The van der Waals surface area contributed by atoms with Crippen molar-refractivity contribution in [2.45, 2.75) is 12.6 Å². The number of hydrogen-bond acceptors (Lipinski definition) is 3. The van der Waals surface area contributed by atoms with Gasteiger partial charge in [0, 0.05) is 50.4 Å². The minimum Gasteiger partial charge on any atom is -0.350 e. The Bertz CT molecular complexity index is 704. The molecule has 1 aliphatic heterocycles. The van der Waals surface area contributed by atoms with Crippen molar-refractivity contribution in [2.24, 2.45) is 0 Å². The van der Waals surface area contributed by atoms with E-state index >= 15 is 0 Å². The summed E-state index contributed by atoms with van der Waals surface area (Å²) in [6, 6.07) is 13.1. The molecule has 2 N–H and O–H groups in total. The van der Waals surface area contributed by atoms with E-state index in [2.05, 4.69) is 27.7 Å². The first-order valence-corrected chi connectivity index (χ1v) is 8.34. The summed E-state index contributed by atoms with van der Waals surface area (Å²) in [6.45, 7) is 3.84. The highest BCUT2D eigenvalue weighted by Crippen LogP contribution is 2.09. The van der Waals surface area contributed by atoms with Gasteiger partial charge in [-0.2, -0.15) is 0 Å². The Morgan fingerprint density at radius 2 is 1.88 bits per heavy atom. The van der Waals surface area contributed by atoms with E-state index in [9.17, 15) is 13.6 Å². The monoisotopic (exact) mass is 345 g/mol. The van der Waals surface area contributed by atoms with Crippen LogP contribution in [0.3, 0.4) is 0 Å². The standard InChI is InChI=1S/C19H21F2N3O/c20-16-8-15(9-17(21)10-16)19(25)23-11-18-13-24(7-6-22-18)12-14-4-2-1-3-5-14/h1-5,8-10,18,22H,6-7,11-13H2,(H,23,25)/t18-/m1/s1. The Kier molecular flexibility index (Phi) is 5.73. The van der Waals surface area contributed by atoms with Crippen LogP contribution in [0.2, 0.25) is 0 Å². The highest BCUT2D eigenvalue weighted by Gasteiger charge is 2.20. The van der Waals surface area contributed by atoms with Gasteiger partial charge < -0.3 is 10.6 Å². The SMILES string of the molecule is O=C(NC[C@@H]1CN(Cc2ccccc2)CCN1)c1cc(F)cc(F)c1. The average Bonchev–Trinajstić information content (AvgIpc) is 2.60. The number of rotatable bonds is 5. The maximum Gasteiger partial charge on any atom is 0.251 e. The van der Waals surface area contributed by atoms with Gasteiger partial charge in [0.05, 0.1) is 0 Å². The lowest BCUT2D eigenvalue weighted by atomic mass is 10.1. The Morgan fingerprint density at radius 1 is 1.16 bits per heavy atom. The lowest BCUT2D eigenvalue weighted by Crippen LogP contribution is -2.54. The second kappa shape index (κ2) is 8.18. The fourth-order valence-corrected chi connectivity index (χ4v) is 3.02. The minimum absolute atomic E-state index is 0.00514. The number of carbonyl (C=O) groups is 1. The lowest BCUT2D eigenvalue weighted by Gasteiger charge is -2.33. The zero-order chi connectivity index (χ0) is 17.6. The third-order valence-electron chi connectivity index (χ3n) is 4.22. The summed E-state index contributed by atoms with van der Waals surface area (Å²) in [5, 5.41) is 6.11. The van der Waals surface area contributed by atoms with Crippen LogP contribution in [0, 0.1) is 11.6 Å². The van der Waals surface area contributed by atoms with Crippen molar-refractivity contribution in [2.75, 3.05) is 26.2 Å². The molecular weight excluding hydrogens is 324 g/mol. The maximum atomic E-state index is 13.2. The zero-order valence-corrected chi connectivity index (χ0v) is 13.8. The second-order valence-corrected chi connectivity index (χ2v) is 6.24. The summed E-state index contributed by atoms with van der Waals surface area (Å²) in [4.78, 5) is 14.4. The predicted octanol–water partition coefficient (Wildman–Crippen LogP) is 2.17. The number of benzene rings is 2. The van der Waals surface area contributed by atoms with Crippen LogP contribution in [-0.2, 0) is 6.54 Å². The molecule has 2 aromatic carbocycles. The molecule has 1 fully saturated rings. The molecular formula is C19H21F2N3O. The van der Waals surface area contributed by atoms with E-state index in [4.69, 9.17) is 0 Å². The average molecular weight is 345 g/mol. The van der Waals surface area contributed by atoms with Gasteiger partial charge in [0.15, 0.2) is 0 Å². The molecule has 3 rings (SSSR count). The van der Waals surface area contributed by atoms with E-state index in [-0.39, 0.29) is 11.6 Å². The molecule has 2 aromatic rings. The molecule has 0 aliphatic carbocycles. The van der Waals surface area contributed by atoms with E-state index in [1.54, 1.807) is 0 Å². The number of hydrogen-bond donors (Lipinski definition) is 2. The molecule has 1 atom stereocenters. The number of amides is 1. The third-order valence-corrected chi connectivity index (χ3v) is 4.22. The first-order valence-electron chi connectivity index (χ1n) is 8.34. The van der Waals surface area contributed by atoms with Crippen LogP contribution in [0.4, 0.5) is 8.78 Å². The number of piperazine rings is 1. The molecule has 1 amide bonds. The van der Waals surface area contributed by atoms with Crippen molar-refractivity contribution in [3.63, 3.8) is 0 Å². The number of nitrogens with one attached hydrogen (secondary N) is 2. The molecule has 25 heavy (non-hydrogen) atoms. The quantitative estimate of drug-likeness (QED) is 0.873. The van der Waals surface area contributed by atoms with E-state index < -0.39 is 17.5 Å². The Hall–Kier alpha value is -2.31. The van der Waals surface area contributed by atoms with Gasteiger partial charge in [0.25, 0.3) is 5.91 Å². The van der Waals surface area contributed by atoms with Crippen LogP contribution >= 0.6 is 0 Å². The van der Waals surface area contributed by atoms with Gasteiger partial charge in [-0.1, -0.05) is 30.3 Å². The molecule has 1 saturated heterocycles. The highest BCUT2D eigenvalue weighted by molar-refractivity contribution is 5.94. The minimum atomic E-state index is -0.755. The van der Waals surface area contributed by atoms with E-state index in [0.29, 0.717) is 6.54 Å². The molecule has 6 heteroatoms. The molecule has 4 nitrogen and oxygen atoms in total. The second-order valence-electron chi connectivity index (χ2n) is 6.24. The topological polar surface area (TPSA) is 44.4 Å². The zero-order valence-electron chi connectivity index (χ0n) is 13.8. The summed E-state index contributed by atoms with van der Waals surface area (Å²) in [6.07, 6.45) is 0. The lowest BCUT2D eigenvalue weighted by molar-refractivity contribution is 0.0940. The molecule has 0 spiro atoms. The molecule has 0 aromatic heterocycles. The fraction of sp³-hybridized carbons (Fsp3) is 0.316. The van der Waals surface area contributed by atoms with Gasteiger partial charge in [-0.25, -0.2) is 8.78 Å². The van der Waals surface area contributed by atoms with Crippen LogP contribution in [0.1, 0.15) is 15.9 Å². The number of nitrogens with zero attached hydrogens (tertiary/aromatic N) is 1. The number of carbonyl (C=O) groups excluding carboxylic acids is 1. The first kappa shape index (κ1) is 17.5. The third kappa shape index (κ3) is 5.08. The number of halogens is 2. The Balaban J connectivity index is 1.51. The molecule has 132 valence electrons. The van der Waals surface area contributed by atoms with Gasteiger partial charge in [-0.15, -0.1) is 0 Å². The van der Waals surface area contributed by atoms with Crippen LogP contribution in [0.15, 0.2) is 48.5 Å². The summed E-state index contributed by atoms with van der Waals surface area (Å²) in [7, 11) is 0. The summed E-state index contributed by atoms with van der Waals surface area (Å²) in [5.41, 5.74) is 1.25. The van der Waals surface area contributed by atoms with Gasteiger partial charge in [-0.05, 0) is 17.7 Å². The molecule has 0 radical (unpaired) electrons. The maximum absolute atomic E-state index is 13.2. The summed E-state index contributed by atoms with van der Waals surface area (Å²) in [5.74, 6) is -1.98. The van der Waals surface area contributed by atoms with Crippen molar-refractivity contribution >= 4 is 5.91 Å². The smallest absolute Gasteiger partial charge is 0.251 e.